The molecule has 3 aromatic rings. The summed E-state index contributed by atoms with van der Waals surface area (Å²) in [4.78, 5) is 17.3. The molecule has 1 unspecified atom stereocenters. The van der Waals surface area contributed by atoms with Gasteiger partial charge >= 0.3 is 5.97 Å². The molecule has 0 radical (unpaired) electrons. The standard InChI is InChI=1S/C18H15NO2S2/c20-17(21)15(11-13-7-3-1-4-8-13)16-12-22-18(19-16)23-14-9-5-2-6-10-14/h1-10,12,15H,11H2,(H,20,21). The number of aromatic nitrogens is 1. The number of rotatable bonds is 6. The topological polar surface area (TPSA) is 50.2 Å². The van der Waals surface area contributed by atoms with Gasteiger partial charge in [-0.2, -0.15) is 0 Å². The minimum absolute atomic E-state index is 0.454. The zero-order chi connectivity index (χ0) is 16.1. The van der Waals surface area contributed by atoms with Crippen LogP contribution in [0.5, 0.6) is 0 Å². The average molecular weight is 341 g/mol. The van der Waals surface area contributed by atoms with E-state index >= 15 is 0 Å². The van der Waals surface area contributed by atoms with Crippen molar-refractivity contribution in [2.45, 2.75) is 21.6 Å². The van der Waals surface area contributed by atoms with E-state index in [1.54, 1.807) is 11.8 Å². The summed E-state index contributed by atoms with van der Waals surface area (Å²) in [5.41, 5.74) is 1.63. The number of carboxylic acid groups (broad SMARTS) is 1. The first-order chi connectivity index (χ1) is 11.2. The van der Waals surface area contributed by atoms with Crippen molar-refractivity contribution in [3.63, 3.8) is 0 Å². The van der Waals surface area contributed by atoms with Crippen LogP contribution in [0.25, 0.3) is 0 Å². The molecule has 0 aliphatic rings. The quantitative estimate of drug-likeness (QED) is 0.706. The van der Waals surface area contributed by atoms with Gasteiger partial charge in [0.25, 0.3) is 0 Å². The van der Waals surface area contributed by atoms with Crippen LogP contribution in [0.3, 0.4) is 0 Å². The predicted octanol–water partition coefficient (Wildman–Crippen LogP) is 4.71. The molecule has 1 heterocycles. The summed E-state index contributed by atoms with van der Waals surface area (Å²) in [5, 5.41) is 11.4. The molecule has 0 saturated heterocycles. The van der Waals surface area contributed by atoms with Crippen LogP contribution in [0.15, 0.2) is 75.3 Å². The monoisotopic (exact) mass is 341 g/mol. The molecule has 1 atom stereocenters. The van der Waals surface area contributed by atoms with Crippen molar-refractivity contribution in [2.75, 3.05) is 0 Å². The Hall–Kier alpha value is -2.11. The molecular weight excluding hydrogens is 326 g/mol. The highest BCUT2D eigenvalue weighted by atomic mass is 32.2. The van der Waals surface area contributed by atoms with Crippen molar-refractivity contribution >= 4 is 29.1 Å². The second-order valence-electron chi connectivity index (χ2n) is 5.03. The second-order valence-corrected chi connectivity index (χ2v) is 7.21. The van der Waals surface area contributed by atoms with E-state index in [1.165, 1.54) is 11.3 Å². The largest absolute Gasteiger partial charge is 0.481 e. The lowest BCUT2D eigenvalue weighted by Crippen LogP contribution is -2.14. The summed E-state index contributed by atoms with van der Waals surface area (Å²) in [6.07, 6.45) is 0.454. The number of nitrogens with zero attached hydrogens (tertiary/aromatic N) is 1. The third-order valence-corrected chi connectivity index (χ3v) is 5.35. The lowest BCUT2D eigenvalue weighted by molar-refractivity contribution is -0.138. The Morgan fingerprint density at radius 1 is 1.09 bits per heavy atom. The van der Waals surface area contributed by atoms with E-state index in [1.807, 2.05) is 66.0 Å². The van der Waals surface area contributed by atoms with Crippen LogP contribution in [-0.2, 0) is 11.2 Å². The number of aliphatic carboxylic acids is 1. The second kappa shape index (κ2) is 7.44. The Bertz CT molecular complexity index is 772. The summed E-state index contributed by atoms with van der Waals surface area (Å²) >= 11 is 3.05. The molecule has 1 N–H and O–H groups in total. The number of thiazole rings is 1. The van der Waals surface area contributed by atoms with Gasteiger partial charge in [0.15, 0.2) is 4.34 Å². The molecule has 1 aromatic heterocycles. The molecule has 0 spiro atoms. The van der Waals surface area contributed by atoms with E-state index < -0.39 is 11.9 Å². The van der Waals surface area contributed by atoms with E-state index in [0.29, 0.717) is 12.1 Å². The maximum atomic E-state index is 11.6. The van der Waals surface area contributed by atoms with Crippen molar-refractivity contribution in [1.82, 2.24) is 4.98 Å². The SMILES string of the molecule is O=C(O)C(Cc1ccccc1)c1csc(Sc2ccccc2)n1. The Morgan fingerprint density at radius 2 is 1.74 bits per heavy atom. The number of hydrogen-bond donors (Lipinski definition) is 1. The maximum absolute atomic E-state index is 11.6. The fourth-order valence-corrected chi connectivity index (χ4v) is 4.10. The number of benzene rings is 2. The summed E-state index contributed by atoms with van der Waals surface area (Å²) in [6, 6.07) is 19.6. The van der Waals surface area contributed by atoms with Crippen LogP contribution in [0.4, 0.5) is 0 Å². The van der Waals surface area contributed by atoms with Crippen LogP contribution in [0.1, 0.15) is 17.2 Å². The summed E-state index contributed by atoms with van der Waals surface area (Å²) < 4.78 is 0.866. The lowest BCUT2D eigenvalue weighted by Gasteiger charge is -2.09. The van der Waals surface area contributed by atoms with E-state index in [-0.39, 0.29) is 0 Å². The van der Waals surface area contributed by atoms with Gasteiger partial charge in [-0.05, 0) is 24.1 Å². The Morgan fingerprint density at radius 3 is 2.39 bits per heavy atom. The molecule has 0 aliphatic heterocycles. The summed E-state index contributed by atoms with van der Waals surface area (Å²) in [7, 11) is 0. The first kappa shape index (κ1) is 15.8. The van der Waals surface area contributed by atoms with Gasteiger partial charge in [0.1, 0.15) is 5.92 Å². The maximum Gasteiger partial charge on any atom is 0.312 e. The van der Waals surface area contributed by atoms with Gasteiger partial charge in [0, 0.05) is 10.3 Å². The third kappa shape index (κ3) is 4.21. The predicted molar refractivity (Wildman–Crippen MR) is 93.2 cm³/mol. The normalized spacial score (nSPS) is 12.0. The summed E-state index contributed by atoms with van der Waals surface area (Å²) in [5.74, 6) is -1.45. The van der Waals surface area contributed by atoms with Gasteiger partial charge in [0.2, 0.25) is 0 Å². The Kier molecular flexibility index (Phi) is 5.10. The number of hydrogen-bond acceptors (Lipinski definition) is 4. The smallest absolute Gasteiger partial charge is 0.312 e. The molecule has 0 bridgehead atoms. The lowest BCUT2D eigenvalue weighted by atomic mass is 9.97. The molecule has 0 saturated carbocycles. The summed E-state index contributed by atoms with van der Waals surface area (Å²) in [6.45, 7) is 0. The van der Waals surface area contributed by atoms with E-state index in [4.69, 9.17) is 0 Å². The van der Waals surface area contributed by atoms with Gasteiger partial charge in [-0.1, -0.05) is 60.3 Å². The van der Waals surface area contributed by atoms with Crippen LogP contribution in [0, 0.1) is 0 Å². The van der Waals surface area contributed by atoms with Crippen molar-refractivity contribution in [3.05, 3.63) is 77.3 Å². The van der Waals surface area contributed by atoms with Crippen LogP contribution in [-0.4, -0.2) is 16.1 Å². The minimum atomic E-state index is -0.838. The number of carbonyl (C=O) groups is 1. The zero-order valence-electron chi connectivity index (χ0n) is 12.3. The zero-order valence-corrected chi connectivity index (χ0v) is 13.9. The fourth-order valence-electron chi connectivity index (χ4n) is 2.23. The van der Waals surface area contributed by atoms with Crippen molar-refractivity contribution in [1.29, 1.82) is 0 Å². The van der Waals surface area contributed by atoms with Gasteiger partial charge in [-0.25, -0.2) is 4.98 Å². The first-order valence-electron chi connectivity index (χ1n) is 7.17. The van der Waals surface area contributed by atoms with Crippen LogP contribution < -0.4 is 0 Å². The highest BCUT2D eigenvalue weighted by molar-refractivity contribution is 8.01. The van der Waals surface area contributed by atoms with Gasteiger partial charge in [-0.3, -0.25) is 4.79 Å². The highest BCUT2D eigenvalue weighted by Crippen LogP contribution is 2.32. The van der Waals surface area contributed by atoms with Gasteiger partial charge in [0.05, 0.1) is 5.69 Å². The van der Waals surface area contributed by atoms with E-state index in [2.05, 4.69) is 4.98 Å². The first-order valence-corrected chi connectivity index (χ1v) is 8.87. The Labute approximate surface area is 143 Å². The van der Waals surface area contributed by atoms with Crippen molar-refractivity contribution in [2.24, 2.45) is 0 Å². The Balaban J connectivity index is 1.77. The minimum Gasteiger partial charge on any atom is -0.481 e. The molecule has 5 heteroatoms. The molecule has 116 valence electrons. The number of carboxylic acids is 1. The van der Waals surface area contributed by atoms with E-state index in [0.717, 1.165) is 14.8 Å². The molecule has 23 heavy (non-hydrogen) atoms. The van der Waals surface area contributed by atoms with Crippen molar-refractivity contribution in [3.8, 4) is 0 Å². The molecular formula is C18H15NO2S2. The molecule has 2 aromatic carbocycles. The van der Waals surface area contributed by atoms with Crippen molar-refractivity contribution < 1.29 is 9.90 Å². The van der Waals surface area contributed by atoms with E-state index in [9.17, 15) is 9.90 Å². The fraction of sp³-hybridized carbons (Fsp3) is 0.111. The molecule has 3 nitrogen and oxygen atoms in total. The van der Waals surface area contributed by atoms with Crippen LogP contribution >= 0.6 is 23.1 Å². The third-order valence-electron chi connectivity index (χ3n) is 3.39. The molecule has 0 aliphatic carbocycles. The molecule has 0 fully saturated rings. The highest BCUT2D eigenvalue weighted by Gasteiger charge is 2.23. The van der Waals surface area contributed by atoms with Gasteiger partial charge < -0.3 is 5.11 Å². The average Bonchev–Trinajstić information content (AvgIpc) is 3.02. The van der Waals surface area contributed by atoms with Gasteiger partial charge in [-0.15, -0.1) is 11.3 Å². The molecule has 3 rings (SSSR count). The van der Waals surface area contributed by atoms with Crippen LogP contribution in [0.2, 0.25) is 0 Å². The molecule has 0 amide bonds.